The van der Waals surface area contributed by atoms with Crippen LogP contribution in [-0.4, -0.2) is 22.0 Å². The van der Waals surface area contributed by atoms with Crippen molar-refractivity contribution in [3.63, 3.8) is 0 Å². The number of carboxylic acid groups (broad SMARTS) is 1. The van der Waals surface area contributed by atoms with Crippen LogP contribution in [0.4, 0.5) is 0 Å². The Labute approximate surface area is 123 Å². The molecular formula is C17H18O4. The number of fused-ring (bicyclic) bond motifs is 1. The highest BCUT2D eigenvalue weighted by Gasteiger charge is 2.54. The van der Waals surface area contributed by atoms with Crippen molar-refractivity contribution in [2.24, 2.45) is 17.8 Å². The number of carboxylic acids is 1. The largest absolute Gasteiger partial charge is 0.478 e. The third-order valence-electron chi connectivity index (χ3n) is 4.79. The molecule has 2 aliphatic carbocycles. The van der Waals surface area contributed by atoms with E-state index in [1.807, 2.05) is 0 Å². The number of allylic oxidation sites excluding steroid dienone is 2. The lowest BCUT2D eigenvalue weighted by Gasteiger charge is -2.41. The number of aliphatic hydroxyl groups is 1. The van der Waals surface area contributed by atoms with Crippen LogP contribution in [0, 0.1) is 17.8 Å². The highest BCUT2D eigenvalue weighted by Crippen LogP contribution is 2.52. The molecule has 4 atom stereocenters. The van der Waals surface area contributed by atoms with Gasteiger partial charge in [-0.2, -0.15) is 0 Å². The van der Waals surface area contributed by atoms with E-state index in [0.29, 0.717) is 5.56 Å². The van der Waals surface area contributed by atoms with Crippen LogP contribution in [-0.2, 0) is 4.79 Å². The molecule has 110 valence electrons. The van der Waals surface area contributed by atoms with Gasteiger partial charge in [0, 0.05) is 5.92 Å². The Kier molecular flexibility index (Phi) is 3.41. The van der Waals surface area contributed by atoms with Gasteiger partial charge >= 0.3 is 5.97 Å². The third kappa shape index (κ3) is 2.20. The molecule has 0 aromatic heterocycles. The standard InChI is InChI=1S/C17H18O4/c1-2-9-7-12-13(8-9)16(19)14(12)15(18)10-3-5-11(6-4-10)17(20)21/h3-6,8,12-15,18H,2,7H2,1H3,(H,20,21)/t12-,13+,14?,15?/m1/s1. The Morgan fingerprint density at radius 2 is 2.00 bits per heavy atom. The molecule has 2 N–H and O–H groups in total. The molecule has 0 radical (unpaired) electrons. The maximum atomic E-state index is 12.2. The summed E-state index contributed by atoms with van der Waals surface area (Å²) in [5.74, 6) is -1.05. The van der Waals surface area contributed by atoms with Crippen LogP contribution in [0.15, 0.2) is 35.9 Å². The smallest absolute Gasteiger partial charge is 0.335 e. The van der Waals surface area contributed by atoms with Crippen LogP contribution >= 0.6 is 0 Å². The number of rotatable bonds is 4. The van der Waals surface area contributed by atoms with Crippen molar-refractivity contribution in [1.82, 2.24) is 0 Å². The van der Waals surface area contributed by atoms with Gasteiger partial charge in [-0.25, -0.2) is 4.79 Å². The van der Waals surface area contributed by atoms with Crippen LogP contribution in [0.2, 0.25) is 0 Å². The first-order valence-electron chi connectivity index (χ1n) is 7.27. The maximum Gasteiger partial charge on any atom is 0.335 e. The molecule has 4 nitrogen and oxygen atoms in total. The SMILES string of the molecule is CCC1=C[C@@H]2C(=O)C(C(O)c3ccc(C(=O)O)cc3)[C@@H]2C1. The number of aromatic carboxylic acids is 1. The van der Waals surface area contributed by atoms with Gasteiger partial charge in [-0.3, -0.25) is 4.79 Å². The molecule has 0 aliphatic heterocycles. The molecule has 0 bridgehead atoms. The first kappa shape index (κ1) is 14.0. The molecule has 4 heteroatoms. The van der Waals surface area contributed by atoms with Crippen LogP contribution in [0.25, 0.3) is 0 Å². The number of Topliss-reactive ketones (excluding diaryl/α,β-unsaturated/α-hetero) is 1. The molecular weight excluding hydrogens is 268 g/mol. The lowest BCUT2D eigenvalue weighted by Crippen LogP contribution is -2.47. The summed E-state index contributed by atoms with van der Waals surface area (Å²) in [5, 5.41) is 19.3. The van der Waals surface area contributed by atoms with Crippen molar-refractivity contribution in [1.29, 1.82) is 0 Å². The average molecular weight is 286 g/mol. The maximum absolute atomic E-state index is 12.2. The third-order valence-corrected chi connectivity index (χ3v) is 4.79. The van der Waals surface area contributed by atoms with Crippen molar-refractivity contribution in [2.75, 3.05) is 0 Å². The van der Waals surface area contributed by atoms with Gasteiger partial charge < -0.3 is 10.2 Å². The van der Waals surface area contributed by atoms with Crippen molar-refractivity contribution in [2.45, 2.75) is 25.9 Å². The lowest BCUT2D eigenvalue weighted by molar-refractivity contribution is -0.146. The van der Waals surface area contributed by atoms with Gasteiger partial charge in [-0.05, 0) is 36.5 Å². The predicted molar refractivity (Wildman–Crippen MR) is 76.8 cm³/mol. The highest BCUT2D eigenvalue weighted by molar-refractivity contribution is 5.93. The van der Waals surface area contributed by atoms with E-state index in [1.54, 1.807) is 12.1 Å². The van der Waals surface area contributed by atoms with Crippen molar-refractivity contribution in [3.8, 4) is 0 Å². The summed E-state index contributed by atoms with van der Waals surface area (Å²) in [6.07, 6.45) is 3.06. The van der Waals surface area contributed by atoms with Crippen LogP contribution in [0.3, 0.4) is 0 Å². The second-order valence-electron chi connectivity index (χ2n) is 5.87. The molecule has 1 saturated carbocycles. The van der Waals surface area contributed by atoms with Crippen molar-refractivity contribution < 1.29 is 19.8 Å². The van der Waals surface area contributed by atoms with E-state index in [-0.39, 0.29) is 29.1 Å². The fourth-order valence-corrected chi connectivity index (χ4v) is 3.52. The molecule has 1 aromatic rings. The van der Waals surface area contributed by atoms with Gasteiger partial charge in [0.2, 0.25) is 0 Å². The normalized spacial score (nSPS) is 28.6. The zero-order chi connectivity index (χ0) is 15.1. The van der Waals surface area contributed by atoms with Gasteiger partial charge in [0.05, 0.1) is 17.6 Å². The summed E-state index contributed by atoms with van der Waals surface area (Å²) in [7, 11) is 0. The van der Waals surface area contributed by atoms with Crippen molar-refractivity contribution >= 4 is 11.8 Å². The quantitative estimate of drug-likeness (QED) is 0.834. The Bertz CT molecular complexity index is 614. The number of hydrogen-bond acceptors (Lipinski definition) is 3. The summed E-state index contributed by atoms with van der Waals surface area (Å²) in [4.78, 5) is 23.0. The Balaban J connectivity index is 1.76. The minimum atomic E-state index is -0.997. The van der Waals surface area contributed by atoms with Gasteiger partial charge in [0.25, 0.3) is 0 Å². The molecule has 0 saturated heterocycles. The summed E-state index contributed by atoms with van der Waals surface area (Å²) in [6, 6.07) is 6.12. The average Bonchev–Trinajstić information content (AvgIpc) is 2.86. The first-order chi connectivity index (χ1) is 10.0. The summed E-state index contributed by atoms with van der Waals surface area (Å²) in [5.41, 5.74) is 2.09. The summed E-state index contributed by atoms with van der Waals surface area (Å²) >= 11 is 0. The van der Waals surface area contributed by atoms with Crippen LogP contribution < -0.4 is 0 Å². The molecule has 0 spiro atoms. The van der Waals surface area contributed by atoms with Gasteiger partial charge in [-0.1, -0.05) is 30.7 Å². The molecule has 0 amide bonds. The van der Waals surface area contributed by atoms with E-state index < -0.39 is 12.1 Å². The number of benzene rings is 1. The van der Waals surface area contributed by atoms with Gasteiger partial charge in [-0.15, -0.1) is 0 Å². The number of hydrogen-bond donors (Lipinski definition) is 2. The number of aliphatic hydroxyl groups excluding tert-OH is 1. The van der Waals surface area contributed by atoms with Gasteiger partial charge in [0.15, 0.2) is 0 Å². The Hall–Kier alpha value is -1.94. The minimum absolute atomic E-state index is 0.0158. The fourth-order valence-electron chi connectivity index (χ4n) is 3.52. The molecule has 0 heterocycles. The molecule has 2 unspecified atom stereocenters. The zero-order valence-electron chi connectivity index (χ0n) is 11.8. The molecule has 3 rings (SSSR count). The number of carbonyl (C=O) groups is 2. The fraction of sp³-hybridized carbons (Fsp3) is 0.412. The Morgan fingerprint density at radius 1 is 1.33 bits per heavy atom. The van der Waals surface area contributed by atoms with E-state index in [4.69, 9.17) is 5.11 Å². The summed E-state index contributed by atoms with van der Waals surface area (Å²) in [6.45, 7) is 2.08. The van der Waals surface area contributed by atoms with Crippen molar-refractivity contribution in [3.05, 3.63) is 47.0 Å². The monoisotopic (exact) mass is 286 g/mol. The summed E-state index contributed by atoms with van der Waals surface area (Å²) < 4.78 is 0. The second kappa shape index (κ2) is 5.11. The lowest BCUT2D eigenvalue weighted by atomic mass is 9.62. The van der Waals surface area contributed by atoms with E-state index in [2.05, 4.69) is 13.0 Å². The molecule has 1 fully saturated rings. The first-order valence-corrected chi connectivity index (χ1v) is 7.27. The Morgan fingerprint density at radius 3 is 2.57 bits per heavy atom. The van der Waals surface area contributed by atoms with Crippen LogP contribution in [0.1, 0.15) is 41.8 Å². The predicted octanol–water partition coefficient (Wildman–Crippen LogP) is 2.59. The number of carbonyl (C=O) groups excluding carboxylic acids is 1. The van der Waals surface area contributed by atoms with Gasteiger partial charge in [0.1, 0.15) is 5.78 Å². The van der Waals surface area contributed by atoms with E-state index in [1.165, 1.54) is 17.7 Å². The highest BCUT2D eigenvalue weighted by atomic mass is 16.4. The molecule has 21 heavy (non-hydrogen) atoms. The zero-order valence-corrected chi connectivity index (χ0v) is 11.8. The molecule has 1 aromatic carbocycles. The number of ketones is 1. The molecule has 2 aliphatic rings. The topological polar surface area (TPSA) is 74.6 Å². The second-order valence-corrected chi connectivity index (χ2v) is 5.87. The van der Waals surface area contributed by atoms with E-state index in [9.17, 15) is 14.7 Å². The minimum Gasteiger partial charge on any atom is -0.478 e. The van der Waals surface area contributed by atoms with E-state index >= 15 is 0 Å². The van der Waals surface area contributed by atoms with Crippen LogP contribution in [0.5, 0.6) is 0 Å². The van der Waals surface area contributed by atoms with E-state index in [0.717, 1.165) is 12.8 Å².